The maximum atomic E-state index is 12.0. The van der Waals surface area contributed by atoms with Gasteiger partial charge in [-0.1, -0.05) is 39.5 Å². The van der Waals surface area contributed by atoms with Crippen molar-refractivity contribution in [1.29, 1.82) is 0 Å². The Labute approximate surface area is 213 Å². The second-order valence-corrected chi connectivity index (χ2v) is 11.1. The van der Waals surface area contributed by atoms with Gasteiger partial charge in [-0.15, -0.1) is 0 Å². The van der Waals surface area contributed by atoms with Crippen molar-refractivity contribution >= 4 is 23.0 Å². The molecule has 0 amide bonds. The molecule has 0 unspecified atom stereocenters. The van der Waals surface area contributed by atoms with E-state index in [0.717, 1.165) is 23.6 Å². The molecule has 192 valence electrons. The van der Waals surface area contributed by atoms with E-state index in [2.05, 4.69) is 46.3 Å². The minimum atomic E-state index is -1.13. The van der Waals surface area contributed by atoms with Gasteiger partial charge < -0.3 is 14.6 Å². The molecule has 2 aliphatic rings. The molecule has 8 nitrogen and oxygen atoms in total. The molecule has 36 heavy (non-hydrogen) atoms. The number of hydrogen-bond acceptors (Lipinski definition) is 6. The molecule has 2 fully saturated rings. The number of anilines is 1. The van der Waals surface area contributed by atoms with E-state index < -0.39 is 5.97 Å². The third-order valence-electron chi connectivity index (χ3n) is 8.40. The number of pyridine rings is 1. The fraction of sp³-hybridized carbons (Fsp3) is 0.607. The van der Waals surface area contributed by atoms with E-state index in [1.54, 1.807) is 0 Å². The highest BCUT2D eigenvalue weighted by Gasteiger charge is 2.31. The summed E-state index contributed by atoms with van der Waals surface area (Å²) in [5.41, 5.74) is 3.26. The van der Waals surface area contributed by atoms with Crippen LogP contribution in [0.2, 0.25) is 0 Å². The van der Waals surface area contributed by atoms with E-state index in [1.807, 2.05) is 19.3 Å². The third-order valence-corrected chi connectivity index (χ3v) is 8.40. The molecule has 3 aromatic heterocycles. The average molecular weight is 491 g/mol. The third kappa shape index (κ3) is 4.70. The van der Waals surface area contributed by atoms with Gasteiger partial charge >= 0.3 is 5.97 Å². The molecule has 0 saturated heterocycles. The lowest BCUT2D eigenvalue weighted by molar-refractivity contribution is 0.0684. The summed E-state index contributed by atoms with van der Waals surface area (Å²) in [4.78, 5) is 32.8. The van der Waals surface area contributed by atoms with Crippen molar-refractivity contribution < 1.29 is 9.90 Å². The van der Waals surface area contributed by atoms with Crippen molar-refractivity contribution in [2.75, 3.05) is 11.9 Å². The lowest BCUT2D eigenvalue weighted by Gasteiger charge is -2.38. The molecule has 8 heteroatoms. The molecule has 2 saturated carbocycles. The summed E-state index contributed by atoms with van der Waals surface area (Å²) in [5.74, 6) is 1.57. The molecular formula is C28H38N6O2. The zero-order valence-electron chi connectivity index (χ0n) is 21.9. The summed E-state index contributed by atoms with van der Waals surface area (Å²) in [6.07, 6.45) is 11.7. The van der Waals surface area contributed by atoms with Crippen molar-refractivity contribution in [3.63, 3.8) is 0 Å². The summed E-state index contributed by atoms with van der Waals surface area (Å²) in [6.45, 7) is 7.37. The molecule has 0 radical (unpaired) electrons. The van der Waals surface area contributed by atoms with Crippen molar-refractivity contribution in [2.45, 2.75) is 90.6 Å². The Balaban J connectivity index is 1.71. The summed E-state index contributed by atoms with van der Waals surface area (Å²) in [6, 6.07) is 4.40. The number of aromatic nitrogens is 5. The molecule has 0 bridgehead atoms. The maximum Gasteiger partial charge on any atom is 0.374 e. The summed E-state index contributed by atoms with van der Waals surface area (Å²) >= 11 is 0. The maximum absolute atomic E-state index is 12.0. The van der Waals surface area contributed by atoms with Crippen LogP contribution >= 0.6 is 0 Å². The highest BCUT2D eigenvalue weighted by molar-refractivity contribution is 5.92. The Morgan fingerprint density at radius 1 is 1.08 bits per heavy atom. The molecule has 0 aromatic carbocycles. The fourth-order valence-electron chi connectivity index (χ4n) is 5.72. The van der Waals surface area contributed by atoms with E-state index in [4.69, 9.17) is 9.97 Å². The van der Waals surface area contributed by atoms with E-state index in [9.17, 15) is 9.90 Å². The number of hydrogen-bond donors (Lipinski definition) is 1. The molecule has 0 aliphatic heterocycles. The zero-order valence-corrected chi connectivity index (χ0v) is 21.9. The smallest absolute Gasteiger partial charge is 0.374 e. The quantitative estimate of drug-likeness (QED) is 0.419. The summed E-state index contributed by atoms with van der Waals surface area (Å²) < 4.78 is 2.24. The molecule has 1 N–H and O–H groups in total. The predicted octanol–water partition coefficient (Wildman–Crippen LogP) is 5.92. The van der Waals surface area contributed by atoms with Gasteiger partial charge in [-0.2, -0.15) is 0 Å². The van der Waals surface area contributed by atoms with Crippen molar-refractivity contribution in [3.05, 3.63) is 29.7 Å². The van der Waals surface area contributed by atoms with Gasteiger partial charge in [0.2, 0.25) is 5.82 Å². The minimum absolute atomic E-state index is 0.206. The van der Waals surface area contributed by atoms with Crippen LogP contribution in [0.3, 0.4) is 0 Å². The van der Waals surface area contributed by atoms with Crippen LogP contribution in [-0.2, 0) is 6.54 Å². The van der Waals surface area contributed by atoms with Gasteiger partial charge in [-0.05, 0) is 68.1 Å². The van der Waals surface area contributed by atoms with Crippen LogP contribution in [0.15, 0.2) is 18.3 Å². The van der Waals surface area contributed by atoms with Crippen LogP contribution in [0, 0.1) is 11.8 Å². The minimum Gasteiger partial charge on any atom is -0.475 e. The number of imidazole rings is 1. The van der Waals surface area contributed by atoms with Crippen molar-refractivity contribution in [1.82, 2.24) is 24.5 Å². The highest BCUT2D eigenvalue weighted by atomic mass is 16.4. The largest absolute Gasteiger partial charge is 0.475 e. The molecule has 3 aromatic rings. The first-order valence-electron chi connectivity index (χ1n) is 13.5. The lowest BCUT2D eigenvalue weighted by Crippen LogP contribution is -2.39. The first-order chi connectivity index (χ1) is 17.3. The number of carbonyl (C=O) groups is 1. The Bertz CT molecular complexity index is 1240. The van der Waals surface area contributed by atoms with Gasteiger partial charge in [0.25, 0.3) is 0 Å². The van der Waals surface area contributed by atoms with E-state index in [1.165, 1.54) is 56.9 Å². The van der Waals surface area contributed by atoms with Crippen molar-refractivity contribution in [2.24, 2.45) is 11.8 Å². The first-order valence-corrected chi connectivity index (χ1v) is 13.5. The van der Waals surface area contributed by atoms with Crippen molar-refractivity contribution in [3.8, 4) is 11.5 Å². The number of carboxylic acid groups (broad SMARTS) is 1. The molecule has 1 atom stereocenters. The summed E-state index contributed by atoms with van der Waals surface area (Å²) in [7, 11) is 2.03. The average Bonchev–Trinajstić information content (AvgIpc) is 3.20. The van der Waals surface area contributed by atoms with E-state index >= 15 is 0 Å². The number of rotatable bonds is 8. The van der Waals surface area contributed by atoms with Gasteiger partial charge in [-0.25, -0.2) is 19.7 Å². The Morgan fingerprint density at radius 3 is 2.47 bits per heavy atom. The SMILES string of the molecule is CC(C)c1ccnc(-c2nc3nc(C(=O)O)nc(N(C)[C@H](C)C4CCC4)c3n2CC2CCCCC2)c1. The topological polar surface area (TPSA) is 97.0 Å². The Kier molecular flexibility index (Phi) is 6.95. The first kappa shape index (κ1) is 24.7. The second-order valence-electron chi connectivity index (χ2n) is 11.1. The molecular weight excluding hydrogens is 452 g/mol. The van der Waals surface area contributed by atoms with Gasteiger partial charge in [0.05, 0.1) is 0 Å². The molecule has 3 heterocycles. The molecule has 5 rings (SSSR count). The van der Waals surface area contributed by atoms with Crippen LogP contribution in [0.25, 0.3) is 22.7 Å². The lowest BCUT2D eigenvalue weighted by atomic mass is 9.80. The predicted molar refractivity (Wildman–Crippen MR) is 141 cm³/mol. The van der Waals surface area contributed by atoms with Gasteiger partial charge in [0.1, 0.15) is 11.2 Å². The van der Waals surface area contributed by atoms with Gasteiger partial charge in [0.15, 0.2) is 17.3 Å². The Hall–Kier alpha value is -3.03. The standard InChI is InChI=1S/C28H38N6O2/c1-17(2)21-13-14-29-22(15-21)26-31-24-23(34(26)16-19-9-6-5-7-10-19)27(32-25(30-24)28(35)36)33(4)18(3)20-11-8-12-20/h13-15,17-20H,5-12,16H2,1-4H3,(H,35,36)/t18-/m1/s1. The van der Waals surface area contributed by atoms with Crippen LogP contribution in [0.1, 0.15) is 94.2 Å². The fourth-order valence-corrected chi connectivity index (χ4v) is 5.72. The zero-order chi connectivity index (χ0) is 25.4. The van der Waals surface area contributed by atoms with Gasteiger partial charge in [0, 0.05) is 25.8 Å². The number of nitrogens with zero attached hydrogens (tertiary/aromatic N) is 6. The number of aromatic carboxylic acids is 1. The molecule has 2 aliphatic carbocycles. The summed E-state index contributed by atoms with van der Waals surface area (Å²) in [5, 5.41) is 9.82. The van der Waals surface area contributed by atoms with E-state index in [-0.39, 0.29) is 11.9 Å². The molecule has 0 spiro atoms. The highest BCUT2D eigenvalue weighted by Crippen LogP contribution is 2.37. The van der Waals surface area contributed by atoms with Crippen LogP contribution < -0.4 is 4.90 Å². The number of fused-ring (bicyclic) bond motifs is 1. The van der Waals surface area contributed by atoms with E-state index in [0.29, 0.717) is 29.2 Å². The Morgan fingerprint density at radius 2 is 1.83 bits per heavy atom. The number of carboxylic acids is 1. The monoisotopic (exact) mass is 490 g/mol. The van der Waals surface area contributed by atoms with Crippen LogP contribution in [0.4, 0.5) is 5.82 Å². The van der Waals surface area contributed by atoms with Crippen LogP contribution in [0.5, 0.6) is 0 Å². The normalized spacial score (nSPS) is 17.9. The second kappa shape index (κ2) is 10.1. The van der Waals surface area contributed by atoms with Gasteiger partial charge in [-0.3, -0.25) is 4.98 Å². The van der Waals surface area contributed by atoms with Crippen LogP contribution in [-0.4, -0.2) is 48.7 Å².